The summed E-state index contributed by atoms with van der Waals surface area (Å²) in [6.07, 6.45) is 2.88. The number of fused-ring (bicyclic) bond motifs is 4. The number of rotatable bonds is 6. The molecule has 41 heavy (non-hydrogen) atoms. The maximum Gasteiger partial charge on any atom is 0.416 e. The van der Waals surface area contributed by atoms with Crippen LogP contribution in [-0.2, 0) is 29.4 Å². The summed E-state index contributed by atoms with van der Waals surface area (Å²) in [5.74, 6) is -0.0695. The van der Waals surface area contributed by atoms with Gasteiger partial charge in [-0.25, -0.2) is 4.98 Å². The van der Waals surface area contributed by atoms with Crippen molar-refractivity contribution in [3.63, 3.8) is 0 Å². The first-order chi connectivity index (χ1) is 19.7. The number of carbonyl (C=O) groups is 1. The number of benzene rings is 2. The van der Waals surface area contributed by atoms with Crippen molar-refractivity contribution in [2.45, 2.75) is 61.8 Å². The number of carbonyl (C=O) groups excluding carboxylic acids is 1. The molecular formula is C31H28F3N3O3S. The van der Waals surface area contributed by atoms with E-state index < -0.39 is 17.6 Å². The van der Waals surface area contributed by atoms with Crippen molar-refractivity contribution in [1.29, 1.82) is 0 Å². The molecule has 10 heteroatoms. The Kier molecular flexibility index (Phi) is 7.27. The highest BCUT2D eigenvalue weighted by molar-refractivity contribution is 7.99. The number of hydrogen-bond acceptors (Lipinski definition) is 5. The minimum Gasteiger partial charge on any atom is -0.467 e. The molecule has 2 aromatic carbocycles. The predicted molar refractivity (Wildman–Crippen MR) is 151 cm³/mol. The molecule has 1 fully saturated rings. The van der Waals surface area contributed by atoms with Gasteiger partial charge in [0.2, 0.25) is 5.91 Å². The maximum atomic E-state index is 14.4. The van der Waals surface area contributed by atoms with Gasteiger partial charge in [0.15, 0.2) is 5.16 Å². The molecule has 6 nitrogen and oxygen atoms in total. The normalized spacial score (nSPS) is 15.8. The third-order valence-electron chi connectivity index (χ3n) is 7.98. The number of halogens is 3. The first-order valence-corrected chi connectivity index (χ1v) is 14.6. The fraction of sp³-hybridized carbons (Fsp3) is 0.323. The third kappa shape index (κ3) is 5.45. The van der Waals surface area contributed by atoms with Crippen LogP contribution < -0.4 is 10.9 Å². The Labute approximate surface area is 239 Å². The zero-order valence-electron chi connectivity index (χ0n) is 22.2. The van der Waals surface area contributed by atoms with E-state index in [0.717, 1.165) is 79.1 Å². The van der Waals surface area contributed by atoms with Crippen molar-refractivity contribution in [2.24, 2.45) is 0 Å². The molecule has 1 spiro atoms. The van der Waals surface area contributed by atoms with Crippen LogP contribution >= 0.6 is 11.8 Å². The van der Waals surface area contributed by atoms with E-state index in [1.165, 1.54) is 12.1 Å². The topological polar surface area (TPSA) is 77.1 Å². The fourth-order valence-electron chi connectivity index (χ4n) is 6.13. The van der Waals surface area contributed by atoms with Crippen molar-refractivity contribution >= 4 is 23.4 Å². The van der Waals surface area contributed by atoms with Gasteiger partial charge in [0, 0.05) is 16.7 Å². The van der Waals surface area contributed by atoms with Crippen LogP contribution in [-0.4, -0.2) is 21.2 Å². The van der Waals surface area contributed by atoms with Crippen molar-refractivity contribution < 1.29 is 22.4 Å². The molecule has 1 N–H and O–H groups in total. The molecule has 0 atom stereocenters. The van der Waals surface area contributed by atoms with Gasteiger partial charge in [-0.15, -0.1) is 0 Å². The molecule has 0 saturated heterocycles. The molecule has 1 saturated carbocycles. The van der Waals surface area contributed by atoms with Gasteiger partial charge in [-0.3, -0.25) is 14.2 Å². The van der Waals surface area contributed by atoms with Crippen molar-refractivity contribution in [3.05, 3.63) is 99.7 Å². The van der Waals surface area contributed by atoms with Gasteiger partial charge in [0.25, 0.3) is 5.56 Å². The van der Waals surface area contributed by atoms with E-state index in [0.29, 0.717) is 16.6 Å². The summed E-state index contributed by atoms with van der Waals surface area (Å²) >= 11 is 1.08. The minimum absolute atomic E-state index is 0.0463. The van der Waals surface area contributed by atoms with Crippen LogP contribution in [0.2, 0.25) is 0 Å². The Morgan fingerprint density at radius 2 is 1.85 bits per heavy atom. The van der Waals surface area contributed by atoms with Gasteiger partial charge in [-0.1, -0.05) is 61.4 Å². The van der Waals surface area contributed by atoms with Crippen LogP contribution in [0.4, 0.5) is 18.9 Å². The summed E-state index contributed by atoms with van der Waals surface area (Å²) in [5, 5.41) is 2.89. The van der Waals surface area contributed by atoms with E-state index in [9.17, 15) is 22.8 Å². The van der Waals surface area contributed by atoms with Crippen LogP contribution in [0.15, 0.2) is 81.3 Å². The largest absolute Gasteiger partial charge is 0.467 e. The van der Waals surface area contributed by atoms with Gasteiger partial charge in [-0.2, -0.15) is 13.2 Å². The number of hydrogen-bond donors (Lipinski definition) is 1. The smallest absolute Gasteiger partial charge is 0.416 e. The molecule has 0 bridgehead atoms. The molecule has 0 unspecified atom stereocenters. The van der Waals surface area contributed by atoms with Crippen LogP contribution in [0.5, 0.6) is 0 Å². The summed E-state index contributed by atoms with van der Waals surface area (Å²) in [4.78, 5) is 32.2. The van der Waals surface area contributed by atoms with E-state index in [-0.39, 0.29) is 29.0 Å². The van der Waals surface area contributed by atoms with Crippen LogP contribution in [0.25, 0.3) is 11.3 Å². The van der Waals surface area contributed by atoms with Crippen molar-refractivity contribution in [1.82, 2.24) is 9.55 Å². The quantitative estimate of drug-likeness (QED) is 0.196. The predicted octanol–water partition coefficient (Wildman–Crippen LogP) is 7.06. The second-order valence-electron chi connectivity index (χ2n) is 10.7. The average molecular weight is 580 g/mol. The zero-order valence-corrected chi connectivity index (χ0v) is 23.0. The van der Waals surface area contributed by atoms with E-state index >= 15 is 0 Å². The number of furan rings is 1. The Bertz CT molecular complexity index is 1640. The summed E-state index contributed by atoms with van der Waals surface area (Å²) < 4.78 is 46.5. The Morgan fingerprint density at radius 3 is 2.61 bits per heavy atom. The standard InChI is InChI=1S/C31H28F3N3O3S/c32-31(33,34)21-9-6-10-22(16-21)35-25(38)19-41-29-36-27-24-12-3-2-8-20(24)17-30(13-4-1-5-14-30)26(27)28(39)37(29)18-23-11-7-15-40-23/h2-3,6-12,15-16H,1,4-5,13-14,17-19H2,(H,35,38). The summed E-state index contributed by atoms with van der Waals surface area (Å²) in [6.45, 7) is 0.154. The SMILES string of the molecule is O=C(CSc1nc2c(c(=O)n1Cc1ccco1)C1(CCCCC1)Cc1ccccc1-2)Nc1cccc(C(F)(F)F)c1. The lowest BCUT2D eigenvalue weighted by atomic mass is 9.62. The molecule has 6 rings (SSSR count). The summed E-state index contributed by atoms with van der Waals surface area (Å²) in [5.41, 5.74) is 2.26. The van der Waals surface area contributed by atoms with Crippen molar-refractivity contribution in [3.8, 4) is 11.3 Å². The Morgan fingerprint density at radius 1 is 1.05 bits per heavy atom. The monoisotopic (exact) mass is 579 g/mol. The third-order valence-corrected chi connectivity index (χ3v) is 8.95. The lowest BCUT2D eigenvalue weighted by molar-refractivity contribution is -0.137. The van der Waals surface area contributed by atoms with Crippen LogP contribution in [0, 0.1) is 0 Å². The minimum atomic E-state index is -4.52. The second kappa shape index (κ2) is 10.9. The number of anilines is 1. The number of nitrogens with one attached hydrogen (secondary N) is 1. The number of alkyl halides is 3. The molecule has 1 amide bonds. The van der Waals surface area contributed by atoms with E-state index in [1.54, 1.807) is 23.0 Å². The fourth-order valence-corrected chi connectivity index (χ4v) is 6.92. The van der Waals surface area contributed by atoms with E-state index in [4.69, 9.17) is 9.40 Å². The summed E-state index contributed by atoms with van der Waals surface area (Å²) in [6, 6.07) is 16.1. The maximum absolute atomic E-state index is 14.4. The highest BCUT2D eigenvalue weighted by Crippen LogP contribution is 2.48. The molecular weight excluding hydrogens is 551 g/mol. The lowest BCUT2D eigenvalue weighted by Crippen LogP contribution is -2.43. The number of nitrogens with zero attached hydrogens (tertiary/aromatic N) is 2. The van der Waals surface area contributed by atoms with E-state index in [2.05, 4.69) is 11.4 Å². The first kappa shape index (κ1) is 27.4. The zero-order chi connectivity index (χ0) is 28.6. The number of thioether (sulfide) groups is 1. The second-order valence-corrected chi connectivity index (χ2v) is 11.6. The summed E-state index contributed by atoms with van der Waals surface area (Å²) in [7, 11) is 0. The highest BCUT2D eigenvalue weighted by Gasteiger charge is 2.43. The molecule has 2 heterocycles. The Hall–Kier alpha value is -3.79. The van der Waals surface area contributed by atoms with Crippen LogP contribution in [0.1, 0.15) is 54.6 Å². The number of amides is 1. The van der Waals surface area contributed by atoms with Crippen LogP contribution in [0.3, 0.4) is 0 Å². The molecule has 0 radical (unpaired) electrons. The highest BCUT2D eigenvalue weighted by atomic mass is 32.2. The van der Waals surface area contributed by atoms with Gasteiger partial charge < -0.3 is 9.73 Å². The molecule has 0 aliphatic heterocycles. The lowest BCUT2D eigenvalue weighted by Gasteiger charge is -2.42. The van der Waals surface area contributed by atoms with E-state index in [1.807, 2.05) is 18.2 Å². The number of aromatic nitrogens is 2. The molecule has 2 aliphatic rings. The van der Waals surface area contributed by atoms with Gasteiger partial charge >= 0.3 is 6.18 Å². The molecule has 4 aromatic rings. The van der Waals surface area contributed by atoms with Gasteiger partial charge in [0.05, 0.1) is 35.4 Å². The molecule has 2 aliphatic carbocycles. The molecule has 212 valence electrons. The first-order valence-electron chi connectivity index (χ1n) is 13.6. The van der Waals surface area contributed by atoms with Crippen molar-refractivity contribution in [2.75, 3.05) is 11.1 Å². The van der Waals surface area contributed by atoms with Gasteiger partial charge in [-0.05, 0) is 55.2 Å². The molecule has 2 aromatic heterocycles. The average Bonchev–Trinajstić information content (AvgIpc) is 3.47. The Balaban J connectivity index is 1.37. The van der Waals surface area contributed by atoms with Gasteiger partial charge in [0.1, 0.15) is 5.76 Å².